The molecule has 1 aromatic heterocycles. The van der Waals surface area contributed by atoms with Crippen LogP contribution in [0.2, 0.25) is 0 Å². The lowest BCUT2D eigenvalue weighted by Crippen LogP contribution is -2.39. The number of benzene rings is 1. The van der Waals surface area contributed by atoms with Gasteiger partial charge in [0.1, 0.15) is 4.32 Å². The summed E-state index contributed by atoms with van der Waals surface area (Å²) >= 11 is 6.87. The van der Waals surface area contributed by atoms with E-state index in [1.807, 2.05) is 4.90 Å². The highest BCUT2D eigenvalue weighted by Crippen LogP contribution is 2.36. The van der Waals surface area contributed by atoms with Gasteiger partial charge in [-0.25, -0.2) is 4.98 Å². The first-order valence-electron chi connectivity index (χ1n) is 10.1. The second kappa shape index (κ2) is 9.09. The Morgan fingerprint density at radius 3 is 2.47 bits per heavy atom. The van der Waals surface area contributed by atoms with Crippen LogP contribution in [0.4, 0.5) is 5.69 Å². The molecule has 4 rings (SSSR count). The Balaban J connectivity index is 1.50. The maximum absolute atomic E-state index is 13.0. The largest absolute Gasteiger partial charge is 0.306 e. The minimum Gasteiger partial charge on any atom is -0.306 e. The highest BCUT2D eigenvalue weighted by atomic mass is 32.2. The van der Waals surface area contributed by atoms with Gasteiger partial charge in [-0.2, -0.15) is 0 Å². The molecule has 0 N–H and O–H groups in total. The molecule has 2 aliphatic rings. The van der Waals surface area contributed by atoms with E-state index in [2.05, 4.69) is 4.98 Å². The fraction of sp³-hybridized carbons (Fsp3) is 0.381. The number of nitro benzene ring substituents is 1. The SMILES string of the molecule is O=C1/C(=C/c2cn(-c3ccc([N+](=O)[O-])cc3)cn2)SC(=S)N1C1CCCCCCC1. The van der Waals surface area contributed by atoms with Crippen molar-refractivity contribution in [2.45, 2.75) is 51.0 Å². The van der Waals surface area contributed by atoms with Gasteiger partial charge in [0.05, 0.1) is 21.8 Å². The molecule has 0 spiro atoms. The zero-order chi connectivity index (χ0) is 21.1. The number of imidazole rings is 1. The standard InChI is InChI=1S/C21H22N4O3S2/c26-20-19(30-21(29)24(20)17-6-4-2-1-3-5-7-17)12-15-13-23(14-22-15)16-8-10-18(11-9-16)25(27)28/h8-14,17H,1-7H2/b19-12-. The van der Waals surface area contributed by atoms with E-state index in [1.54, 1.807) is 35.3 Å². The maximum Gasteiger partial charge on any atom is 0.269 e. The Kier molecular flexibility index (Phi) is 6.29. The molecular formula is C21H22N4O3S2. The van der Waals surface area contributed by atoms with Crippen molar-refractivity contribution in [3.05, 3.63) is 57.5 Å². The van der Waals surface area contributed by atoms with Gasteiger partial charge < -0.3 is 4.57 Å². The van der Waals surface area contributed by atoms with Gasteiger partial charge in [-0.05, 0) is 31.1 Å². The molecule has 0 atom stereocenters. The van der Waals surface area contributed by atoms with Crippen molar-refractivity contribution in [3.63, 3.8) is 0 Å². The van der Waals surface area contributed by atoms with Crippen molar-refractivity contribution >= 4 is 46.0 Å². The van der Waals surface area contributed by atoms with Crippen LogP contribution in [0, 0.1) is 10.1 Å². The van der Waals surface area contributed by atoms with Crippen molar-refractivity contribution in [1.82, 2.24) is 14.5 Å². The number of hydrogen-bond donors (Lipinski definition) is 0. The van der Waals surface area contributed by atoms with E-state index in [4.69, 9.17) is 12.2 Å². The lowest BCUT2D eigenvalue weighted by molar-refractivity contribution is -0.384. The number of nitro groups is 1. The number of nitrogens with zero attached hydrogens (tertiary/aromatic N) is 4. The Morgan fingerprint density at radius 1 is 1.13 bits per heavy atom. The van der Waals surface area contributed by atoms with Gasteiger partial charge in [-0.15, -0.1) is 0 Å². The second-order valence-electron chi connectivity index (χ2n) is 7.53. The molecule has 1 saturated carbocycles. The molecule has 2 fully saturated rings. The number of aromatic nitrogens is 2. The number of hydrogen-bond acceptors (Lipinski definition) is 6. The monoisotopic (exact) mass is 442 g/mol. The minimum absolute atomic E-state index is 0.0274. The molecule has 1 amide bonds. The van der Waals surface area contributed by atoms with E-state index >= 15 is 0 Å². The Hall–Kier alpha value is -2.52. The first kappa shape index (κ1) is 20.7. The average Bonchev–Trinajstić information content (AvgIpc) is 3.27. The number of non-ortho nitro benzene ring substituents is 1. The topological polar surface area (TPSA) is 81.3 Å². The molecule has 0 unspecified atom stereocenters. The summed E-state index contributed by atoms with van der Waals surface area (Å²) in [5.74, 6) is -0.0274. The van der Waals surface area contributed by atoms with Crippen LogP contribution in [0.3, 0.4) is 0 Å². The third kappa shape index (κ3) is 4.46. The predicted octanol–water partition coefficient (Wildman–Crippen LogP) is 5.09. The van der Waals surface area contributed by atoms with Crippen molar-refractivity contribution in [3.8, 4) is 5.69 Å². The van der Waals surface area contributed by atoms with E-state index in [1.165, 1.54) is 43.2 Å². The third-order valence-corrected chi connectivity index (χ3v) is 6.83. The normalized spacial score (nSPS) is 19.9. The summed E-state index contributed by atoms with van der Waals surface area (Å²) in [6.07, 6.45) is 13.2. The Bertz CT molecular complexity index is 992. The predicted molar refractivity (Wildman–Crippen MR) is 121 cm³/mol. The van der Waals surface area contributed by atoms with Crippen LogP contribution in [0.1, 0.15) is 50.6 Å². The van der Waals surface area contributed by atoms with Crippen molar-refractivity contribution in [2.75, 3.05) is 0 Å². The van der Waals surface area contributed by atoms with E-state index in [0.29, 0.717) is 14.9 Å². The van der Waals surface area contributed by atoms with Gasteiger partial charge in [-0.3, -0.25) is 19.8 Å². The number of carbonyl (C=O) groups excluding carboxylic acids is 1. The quantitative estimate of drug-likeness (QED) is 0.284. The number of rotatable bonds is 4. The molecule has 1 aromatic carbocycles. The number of thioether (sulfide) groups is 1. The zero-order valence-electron chi connectivity index (χ0n) is 16.4. The molecule has 2 aromatic rings. The first-order valence-corrected chi connectivity index (χ1v) is 11.3. The van der Waals surface area contributed by atoms with Crippen LogP contribution in [0.25, 0.3) is 11.8 Å². The van der Waals surface area contributed by atoms with Crippen molar-refractivity contribution in [2.24, 2.45) is 0 Å². The van der Waals surface area contributed by atoms with Crippen molar-refractivity contribution in [1.29, 1.82) is 0 Å². The minimum atomic E-state index is -0.429. The molecule has 9 heteroatoms. The summed E-state index contributed by atoms with van der Waals surface area (Å²) in [6, 6.07) is 6.43. The smallest absolute Gasteiger partial charge is 0.269 e. The molecule has 30 heavy (non-hydrogen) atoms. The van der Waals surface area contributed by atoms with Crippen LogP contribution in [0.15, 0.2) is 41.7 Å². The van der Waals surface area contributed by atoms with Gasteiger partial charge in [0.25, 0.3) is 11.6 Å². The van der Waals surface area contributed by atoms with Crippen molar-refractivity contribution < 1.29 is 9.72 Å². The zero-order valence-corrected chi connectivity index (χ0v) is 18.0. The fourth-order valence-corrected chi connectivity index (χ4v) is 5.31. The van der Waals surface area contributed by atoms with E-state index in [0.717, 1.165) is 31.4 Å². The number of thiocarbonyl (C=S) groups is 1. The molecular weight excluding hydrogens is 420 g/mol. The highest BCUT2D eigenvalue weighted by molar-refractivity contribution is 8.26. The summed E-state index contributed by atoms with van der Waals surface area (Å²) in [4.78, 5) is 30.2. The average molecular weight is 443 g/mol. The molecule has 0 radical (unpaired) electrons. The van der Waals surface area contributed by atoms with Gasteiger partial charge in [0, 0.05) is 30.1 Å². The molecule has 1 saturated heterocycles. The van der Waals surface area contributed by atoms with Gasteiger partial charge >= 0.3 is 0 Å². The highest BCUT2D eigenvalue weighted by Gasteiger charge is 2.37. The summed E-state index contributed by atoms with van der Waals surface area (Å²) in [5.41, 5.74) is 1.44. The van der Waals surface area contributed by atoms with Gasteiger partial charge in [0.15, 0.2) is 0 Å². The summed E-state index contributed by atoms with van der Waals surface area (Å²) < 4.78 is 2.40. The molecule has 7 nitrogen and oxygen atoms in total. The van der Waals surface area contributed by atoms with Crippen LogP contribution in [0.5, 0.6) is 0 Å². The van der Waals surface area contributed by atoms with E-state index < -0.39 is 4.92 Å². The first-order chi connectivity index (χ1) is 14.5. The third-order valence-electron chi connectivity index (χ3n) is 5.50. The summed E-state index contributed by atoms with van der Waals surface area (Å²) in [5, 5.41) is 10.8. The van der Waals surface area contributed by atoms with Crippen LogP contribution < -0.4 is 0 Å². The molecule has 0 bridgehead atoms. The Morgan fingerprint density at radius 2 is 1.80 bits per heavy atom. The summed E-state index contributed by atoms with van der Waals surface area (Å²) in [7, 11) is 0. The molecule has 1 aliphatic carbocycles. The van der Waals surface area contributed by atoms with Crippen LogP contribution in [-0.2, 0) is 4.79 Å². The van der Waals surface area contributed by atoms with Crippen LogP contribution in [-0.4, -0.2) is 35.6 Å². The maximum atomic E-state index is 13.0. The Labute approximate surface area is 184 Å². The van der Waals surface area contributed by atoms with Gasteiger partial charge in [0.2, 0.25) is 0 Å². The number of carbonyl (C=O) groups is 1. The van der Waals surface area contributed by atoms with Crippen LogP contribution >= 0.6 is 24.0 Å². The molecule has 1 aliphatic heterocycles. The summed E-state index contributed by atoms with van der Waals surface area (Å²) in [6.45, 7) is 0. The van der Waals surface area contributed by atoms with E-state index in [-0.39, 0.29) is 17.6 Å². The van der Waals surface area contributed by atoms with Gasteiger partial charge in [-0.1, -0.05) is 56.1 Å². The van der Waals surface area contributed by atoms with E-state index in [9.17, 15) is 14.9 Å². The molecule has 156 valence electrons. The fourth-order valence-electron chi connectivity index (χ4n) is 3.92. The molecule has 2 heterocycles. The lowest BCUT2D eigenvalue weighted by Gasteiger charge is -2.28. The number of amides is 1. The lowest BCUT2D eigenvalue weighted by atomic mass is 9.96. The second-order valence-corrected chi connectivity index (χ2v) is 9.21.